The van der Waals surface area contributed by atoms with Gasteiger partial charge in [0.1, 0.15) is 0 Å². The third-order valence-electron chi connectivity index (χ3n) is 3.01. The molecule has 0 aromatic rings. The average Bonchev–Trinajstić information content (AvgIpc) is 2.11. The molecule has 0 saturated heterocycles. The van der Waals surface area contributed by atoms with Crippen LogP contribution >= 0.6 is 0 Å². The van der Waals surface area contributed by atoms with Gasteiger partial charge in [0.25, 0.3) is 0 Å². The highest BCUT2D eigenvalue weighted by atomic mass is 16.3. The van der Waals surface area contributed by atoms with Gasteiger partial charge in [0.15, 0.2) is 0 Å². The molecule has 0 bridgehead atoms. The fourth-order valence-electron chi connectivity index (χ4n) is 1.71. The minimum atomic E-state index is -0.127. The van der Waals surface area contributed by atoms with E-state index in [1.165, 1.54) is 18.4 Å². The molecule has 2 atom stereocenters. The standard InChI is InChI=1S/C13H26O/c1-6-12(10(2)3)8-7-9-13(14)11(4)5/h11-14H,2,6-9H2,1,3-5H3. The lowest BCUT2D eigenvalue weighted by molar-refractivity contribution is 0.112. The Bertz CT molecular complexity index is 161. The highest BCUT2D eigenvalue weighted by Crippen LogP contribution is 2.21. The second-order valence-corrected chi connectivity index (χ2v) is 4.69. The average molecular weight is 198 g/mol. The van der Waals surface area contributed by atoms with E-state index in [0.29, 0.717) is 11.8 Å². The van der Waals surface area contributed by atoms with Crippen LogP contribution in [-0.2, 0) is 0 Å². The summed E-state index contributed by atoms with van der Waals surface area (Å²) in [7, 11) is 0. The van der Waals surface area contributed by atoms with Crippen LogP contribution < -0.4 is 0 Å². The molecular weight excluding hydrogens is 172 g/mol. The predicted molar refractivity (Wildman–Crippen MR) is 63.3 cm³/mol. The van der Waals surface area contributed by atoms with Crippen molar-refractivity contribution in [1.29, 1.82) is 0 Å². The van der Waals surface area contributed by atoms with E-state index in [9.17, 15) is 5.11 Å². The van der Waals surface area contributed by atoms with Gasteiger partial charge in [-0.15, -0.1) is 0 Å². The van der Waals surface area contributed by atoms with Crippen LogP contribution in [0.15, 0.2) is 12.2 Å². The van der Waals surface area contributed by atoms with Crippen molar-refractivity contribution in [3.8, 4) is 0 Å². The minimum Gasteiger partial charge on any atom is -0.393 e. The van der Waals surface area contributed by atoms with E-state index in [1.54, 1.807) is 0 Å². The van der Waals surface area contributed by atoms with Crippen molar-refractivity contribution in [1.82, 2.24) is 0 Å². The fraction of sp³-hybridized carbons (Fsp3) is 0.846. The van der Waals surface area contributed by atoms with Crippen LogP contribution in [-0.4, -0.2) is 11.2 Å². The molecule has 1 nitrogen and oxygen atoms in total. The first-order chi connectivity index (χ1) is 6.49. The second-order valence-electron chi connectivity index (χ2n) is 4.69. The molecule has 0 radical (unpaired) electrons. The maximum Gasteiger partial charge on any atom is 0.0563 e. The first kappa shape index (κ1) is 13.7. The van der Waals surface area contributed by atoms with Crippen molar-refractivity contribution < 1.29 is 5.11 Å². The Morgan fingerprint density at radius 2 is 1.86 bits per heavy atom. The highest BCUT2D eigenvalue weighted by molar-refractivity contribution is 4.95. The van der Waals surface area contributed by atoms with Crippen LogP contribution in [0.4, 0.5) is 0 Å². The van der Waals surface area contributed by atoms with Crippen LogP contribution in [0.3, 0.4) is 0 Å². The Labute approximate surface area is 89.2 Å². The second kappa shape index (κ2) is 7.05. The molecule has 0 aromatic carbocycles. The number of hydrogen-bond acceptors (Lipinski definition) is 1. The van der Waals surface area contributed by atoms with E-state index in [4.69, 9.17) is 0 Å². The van der Waals surface area contributed by atoms with Gasteiger partial charge in [-0.05, 0) is 38.0 Å². The SMILES string of the molecule is C=C(C)C(CC)CCCC(O)C(C)C. The fourth-order valence-corrected chi connectivity index (χ4v) is 1.71. The molecule has 0 aliphatic carbocycles. The number of rotatable bonds is 7. The zero-order chi connectivity index (χ0) is 11.1. The van der Waals surface area contributed by atoms with Crippen molar-refractivity contribution in [3.05, 3.63) is 12.2 Å². The lowest BCUT2D eigenvalue weighted by Crippen LogP contribution is -2.14. The monoisotopic (exact) mass is 198 g/mol. The van der Waals surface area contributed by atoms with Crippen LogP contribution in [0.25, 0.3) is 0 Å². The van der Waals surface area contributed by atoms with Crippen LogP contribution in [0.1, 0.15) is 53.4 Å². The lowest BCUT2D eigenvalue weighted by Gasteiger charge is -2.17. The van der Waals surface area contributed by atoms with Gasteiger partial charge >= 0.3 is 0 Å². The molecule has 1 N–H and O–H groups in total. The molecule has 0 fully saturated rings. The van der Waals surface area contributed by atoms with Crippen molar-refractivity contribution in [3.63, 3.8) is 0 Å². The van der Waals surface area contributed by atoms with E-state index >= 15 is 0 Å². The summed E-state index contributed by atoms with van der Waals surface area (Å²) in [4.78, 5) is 0. The van der Waals surface area contributed by atoms with Crippen molar-refractivity contribution in [2.24, 2.45) is 11.8 Å². The minimum absolute atomic E-state index is 0.127. The number of hydrogen-bond donors (Lipinski definition) is 1. The molecule has 1 heteroatoms. The topological polar surface area (TPSA) is 20.2 Å². The van der Waals surface area contributed by atoms with Gasteiger partial charge < -0.3 is 5.11 Å². The summed E-state index contributed by atoms with van der Waals surface area (Å²) in [5.74, 6) is 1.04. The molecule has 84 valence electrons. The quantitative estimate of drug-likeness (QED) is 0.617. The third kappa shape index (κ3) is 5.43. The van der Waals surface area contributed by atoms with Gasteiger partial charge in [-0.3, -0.25) is 0 Å². The normalized spacial score (nSPS) is 15.6. The molecule has 0 amide bonds. The maximum atomic E-state index is 9.63. The number of aliphatic hydroxyl groups excluding tert-OH is 1. The summed E-state index contributed by atoms with van der Waals surface area (Å²) in [5.41, 5.74) is 1.28. The molecule has 0 rings (SSSR count). The Morgan fingerprint density at radius 3 is 2.21 bits per heavy atom. The number of allylic oxidation sites excluding steroid dienone is 1. The van der Waals surface area contributed by atoms with Crippen LogP contribution in [0.2, 0.25) is 0 Å². The molecule has 0 aliphatic heterocycles. The summed E-state index contributed by atoms with van der Waals surface area (Å²) in [5, 5.41) is 9.63. The van der Waals surface area contributed by atoms with Crippen LogP contribution in [0.5, 0.6) is 0 Å². The smallest absolute Gasteiger partial charge is 0.0563 e. The van der Waals surface area contributed by atoms with E-state index in [0.717, 1.165) is 12.8 Å². The molecule has 0 heterocycles. The Hall–Kier alpha value is -0.300. The van der Waals surface area contributed by atoms with Crippen molar-refractivity contribution in [2.45, 2.75) is 59.5 Å². The predicted octanol–water partition coefficient (Wildman–Crippen LogP) is 3.78. The molecule has 0 saturated carbocycles. The molecule has 0 aromatic heterocycles. The van der Waals surface area contributed by atoms with Gasteiger partial charge in [-0.2, -0.15) is 0 Å². The Balaban J connectivity index is 3.66. The summed E-state index contributed by atoms with van der Waals surface area (Å²) in [6.45, 7) is 12.4. The highest BCUT2D eigenvalue weighted by Gasteiger charge is 2.11. The van der Waals surface area contributed by atoms with Crippen molar-refractivity contribution >= 4 is 0 Å². The van der Waals surface area contributed by atoms with Gasteiger partial charge in [0.2, 0.25) is 0 Å². The van der Waals surface area contributed by atoms with Crippen LogP contribution in [0, 0.1) is 11.8 Å². The summed E-state index contributed by atoms with van der Waals surface area (Å²) >= 11 is 0. The zero-order valence-corrected chi connectivity index (χ0v) is 10.2. The zero-order valence-electron chi connectivity index (χ0n) is 10.2. The van der Waals surface area contributed by atoms with E-state index in [1.807, 2.05) is 0 Å². The third-order valence-corrected chi connectivity index (χ3v) is 3.01. The van der Waals surface area contributed by atoms with Crippen molar-refractivity contribution in [2.75, 3.05) is 0 Å². The first-order valence-electron chi connectivity index (χ1n) is 5.82. The summed E-state index contributed by atoms with van der Waals surface area (Å²) < 4.78 is 0. The molecule has 0 aliphatic rings. The van der Waals surface area contributed by atoms with Gasteiger partial charge in [0, 0.05) is 0 Å². The van der Waals surface area contributed by atoms with E-state index < -0.39 is 0 Å². The summed E-state index contributed by atoms with van der Waals surface area (Å²) in [6.07, 6.45) is 4.27. The Morgan fingerprint density at radius 1 is 1.29 bits per heavy atom. The maximum absolute atomic E-state index is 9.63. The van der Waals surface area contributed by atoms with Gasteiger partial charge in [-0.1, -0.05) is 39.3 Å². The summed E-state index contributed by atoms with van der Waals surface area (Å²) in [6, 6.07) is 0. The van der Waals surface area contributed by atoms with Gasteiger partial charge in [0.05, 0.1) is 6.10 Å². The molecule has 2 unspecified atom stereocenters. The molecular formula is C13H26O. The molecule has 0 spiro atoms. The lowest BCUT2D eigenvalue weighted by atomic mass is 9.91. The van der Waals surface area contributed by atoms with E-state index in [2.05, 4.69) is 34.3 Å². The molecule has 14 heavy (non-hydrogen) atoms. The van der Waals surface area contributed by atoms with Gasteiger partial charge in [-0.25, -0.2) is 0 Å². The first-order valence-corrected chi connectivity index (χ1v) is 5.82. The number of aliphatic hydroxyl groups is 1. The van der Waals surface area contributed by atoms with E-state index in [-0.39, 0.29) is 6.10 Å². The Kier molecular flexibility index (Phi) is 6.90. The largest absolute Gasteiger partial charge is 0.393 e.